The van der Waals surface area contributed by atoms with Crippen molar-refractivity contribution in [2.45, 2.75) is 51.0 Å². The second kappa shape index (κ2) is 9.37. The molecule has 0 spiro atoms. The van der Waals surface area contributed by atoms with Crippen LogP contribution in [0.3, 0.4) is 0 Å². The first-order valence-corrected chi connectivity index (χ1v) is 11.7. The molecule has 1 aliphatic heterocycles. The van der Waals surface area contributed by atoms with Crippen LogP contribution in [0.1, 0.15) is 55.6 Å². The number of nitro groups is 1. The molecule has 0 aromatic heterocycles. The molecular formula is C27H25NO7. The van der Waals surface area contributed by atoms with Gasteiger partial charge in [0.1, 0.15) is 18.1 Å². The van der Waals surface area contributed by atoms with Gasteiger partial charge in [0.25, 0.3) is 5.69 Å². The molecule has 0 amide bonds. The number of methoxy groups -OCH3 is 1. The third-order valence-corrected chi connectivity index (χ3v) is 6.70. The molecule has 35 heavy (non-hydrogen) atoms. The fraction of sp³-hybridized carbons (Fsp3) is 0.333. The first kappa shape index (κ1) is 22.8. The molecule has 5 rings (SSSR count). The zero-order valence-electron chi connectivity index (χ0n) is 19.4. The van der Waals surface area contributed by atoms with Gasteiger partial charge in [0, 0.05) is 54.9 Å². The Labute approximate surface area is 202 Å². The summed E-state index contributed by atoms with van der Waals surface area (Å²) < 4.78 is 17.6. The van der Waals surface area contributed by atoms with Crippen molar-refractivity contribution < 1.29 is 28.7 Å². The lowest BCUT2D eigenvalue weighted by Gasteiger charge is -2.36. The van der Waals surface area contributed by atoms with E-state index in [0.717, 1.165) is 24.0 Å². The number of ketones is 2. The molecule has 8 heteroatoms. The summed E-state index contributed by atoms with van der Waals surface area (Å²) in [6.45, 7) is 0.201. The second-order valence-corrected chi connectivity index (χ2v) is 8.88. The van der Waals surface area contributed by atoms with Crippen molar-refractivity contribution in [2.24, 2.45) is 0 Å². The van der Waals surface area contributed by atoms with Crippen LogP contribution in [0.5, 0.6) is 11.5 Å². The Morgan fingerprint density at radius 1 is 0.914 bits per heavy atom. The standard InChI is InChI=1S/C27H25NO7/c1-33-24-14-17(10-13-21(24)34-15-16-8-11-18(12-9-16)28(31)32)25-26-19(29)4-2-6-22(26)35-23-7-3-5-20(30)27(23)25/h8-14,25H,2-7,15H2,1H3. The summed E-state index contributed by atoms with van der Waals surface area (Å²) in [6, 6.07) is 11.6. The Morgan fingerprint density at radius 3 is 2.11 bits per heavy atom. The molecule has 0 unspecified atom stereocenters. The lowest BCUT2D eigenvalue weighted by Crippen LogP contribution is -2.30. The molecule has 2 aromatic rings. The molecule has 0 fully saturated rings. The number of Topliss-reactive ketones (excluding diaryl/α,β-unsaturated/α-hetero) is 2. The van der Waals surface area contributed by atoms with Crippen LogP contribution in [0.2, 0.25) is 0 Å². The van der Waals surface area contributed by atoms with E-state index >= 15 is 0 Å². The summed E-state index contributed by atoms with van der Waals surface area (Å²) in [5.74, 6) is 1.94. The van der Waals surface area contributed by atoms with Crippen molar-refractivity contribution in [3.05, 3.63) is 86.4 Å². The van der Waals surface area contributed by atoms with Gasteiger partial charge < -0.3 is 14.2 Å². The van der Waals surface area contributed by atoms with E-state index in [1.165, 1.54) is 19.2 Å². The maximum atomic E-state index is 13.0. The van der Waals surface area contributed by atoms with E-state index in [1.807, 2.05) is 12.1 Å². The topological polar surface area (TPSA) is 105 Å². The first-order valence-electron chi connectivity index (χ1n) is 11.7. The van der Waals surface area contributed by atoms with Gasteiger partial charge in [-0.3, -0.25) is 19.7 Å². The molecule has 0 atom stereocenters. The van der Waals surface area contributed by atoms with Crippen molar-refractivity contribution in [1.82, 2.24) is 0 Å². The lowest BCUT2D eigenvalue weighted by molar-refractivity contribution is -0.384. The highest BCUT2D eigenvalue weighted by Gasteiger charge is 2.41. The lowest BCUT2D eigenvalue weighted by atomic mass is 9.73. The zero-order valence-corrected chi connectivity index (χ0v) is 19.4. The summed E-state index contributed by atoms with van der Waals surface area (Å²) >= 11 is 0. The minimum absolute atomic E-state index is 0.0176. The number of ether oxygens (including phenoxy) is 3. The average molecular weight is 475 g/mol. The molecule has 0 saturated carbocycles. The third kappa shape index (κ3) is 4.32. The molecule has 0 bridgehead atoms. The average Bonchev–Trinajstić information content (AvgIpc) is 2.87. The quantitative estimate of drug-likeness (QED) is 0.412. The van der Waals surface area contributed by atoms with Crippen molar-refractivity contribution in [1.29, 1.82) is 0 Å². The van der Waals surface area contributed by atoms with Crippen molar-refractivity contribution in [3.63, 3.8) is 0 Å². The highest BCUT2D eigenvalue weighted by molar-refractivity contribution is 6.05. The number of nitrogens with zero attached hydrogens (tertiary/aromatic N) is 1. The van der Waals surface area contributed by atoms with Gasteiger partial charge >= 0.3 is 0 Å². The summed E-state index contributed by atoms with van der Waals surface area (Å²) in [6.07, 6.45) is 3.78. The fourth-order valence-electron chi connectivity index (χ4n) is 5.01. The maximum Gasteiger partial charge on any atom is 0.269 e. The van der Waals surface area contributed by atoms with Crippen molar-refractivity contribution >= 4 is 17.3 Å². The van der Waals surface area contributed by atoms with E-state index in [0.29, 0.717) is 59.8 Å². The number of carbonyl (C=O) groups excluding carboxylic acids is 2. The predicted molar refractivity (Wildman–Crippen MR) is 126 cm³/mol. The molecule has 3 aliphatic rings. The Kier molecular flexibility index (Phi) is 6.11. The van der Waals surface area contributed by atoms with Crippen LogP contribution in [0, 0.1) is 10.1 Å². The largest absolute Gasteiger partial charge is 0.493 e. The SMILES string of the molecule is COc1cc(C2C3=C(CCCC3=O)OC3=C2C(=O)CCC3)ccc1OCc1ccc([N+](=O)[O-])cc1. The third-order valence-electron chi connectivity index (χ3n) is 6.70. The molecular weight excluding hydrogens is 450 g/mol. The molecule has 2 aliphatic carbocycles. The number of allylic oxidation sites excluding steroid dienone is 4. The maximum absolute atomic E-state index is 13.0. The van der Waals surface area contributed by atoms with E-state index in [4.69, 9.17) is 14.2 Å². The van der Waals surface area contributed by atoms with Crippen molar-refractivity contribution in [3.8, 4) is 11.5 Å². The Balaban J connectivity index is 1.46. The van der Waals surface area contributed by atoms with Gasteiger partial charge in [0.15, 0.2) is 23.1 Å². The Bertz CT molecular complexity index is 1230. The molecule has 180 valence electrons. The van der Waals surface area contributed by atoms with Crippen molar-refractivity contribution in [2.75, 3.05) is 7.11 Å². The second-order valence-electron chi connectivity index (χ2n) is 8.88. The highest BCUT2D eigenvalue weighted by Crippen LogP contribution is 2.48. The predicted octanol–water partition coefficient (Wildman–Crippen LogP) is 5.31. The summed E-state index contributed by atoms with van der Waals surface area (Å²) in [5, 5.41) is 10.9. The number of benzene rings is 2. The Morgan fingerprint density at radius 2 is 1.54 bits per heavy atom. The number of carbonyl (C=O) groups is 2. The summed E-state index contributed by atoms with van der Waals surface area (Å²) in [4.78, 5) is 36.4. The molecule has 0 radical (unpaired) electrons. The summed E-state index contributed by atoms with van der Waals surface area (Å²) in [5.41, 5.74) is 2.76. The smallest absolute Gasteiger partial charge is 0.269 e. The van der Waals surface area contributed by atoms with E-state index in [-0.39, 0.29) is 23.9 Å². The summed E-state index contributed by atoms with van der Waals surface area (Å²) in [7, 11) is 1.54. The zero-order chi connectivity index (χ0) is 24.5. The number of nitro benzene ring substituents is 1. The molecule has 2 aromatic carbocycles. The molecule has 1 heterocycles. The van der Waals surface area contributed by atoms with Crippen LogP contribution < -0.4 is 9.47 Å². The number of hydrogen-bond acceptors (Lipinski definition) is 7. The molecule has 8 nitrogen and oxygen atoms in total. The van der Waals surface area contributed by atoms with Crippen LogP contribution in [-0.4, -0.2) is 23.6 Å². The van der Waals surface area contributed by atoms with Crippen LogP contribution in [0.15, 0.2) is 65.1 Å². The molecule has 0 saturated heterocycles. The highest BCUT2D eigenvalue weighted by atomic mass is 16.6. The Hall–Kier alpha value is -3.94. The monoisotopic (exact) mass is 475 g/mol. The van der Waals surface area contributed by atoms with Gasteiger partial charge in [-0.05, 0) is 48.2 Å². The van der Waals surface area contributed by atoms with Gasteiger partial charge in [-0.1, -0.05) is 6.07 Å². The molecule has 0 N–H and O–H groups in total. The number of rotatable bonds is 6. The number of hydrogen-bond donors (Lipinski definition) is 0. The van der Waals surface area contributed by atoms with Gasteiger partial charge in [-0.15, -0.1) is 0 Å². The normalized spacial score (nSPS) is 18.1. The fourth-order valence-corrected chi connectivity index (χ4v) is 5.01. The van der Waals surface area contributed by atoms with Gasteiger partial charge in [-0.25, -0.2) is 0 Å². The minimum atomic E-state index is -0.466. The first-order chi connectivity index (χ1) is 17.0. The van der Waals surface area contributed by atoms with Crippen LogP contribution in [-0.2, 0) is 20.9 Å². The van der Waals surface area contributed by atoms with Gasteiger partial charge in [0.2, 0.25) is 0 Å². The van der Waals surface area contributed by atoms with Gasteiger partial charge in [0.05, 0.1) is 12.0 Å². The minimum Gasteiger partial charge on any atom is -0.493 e. The van der Waals surface area contributed by atoms with E-state index in [1.54, 1.807) is 18.2 Å². The van der Waals surface area contributed by atoms with Gasteiger partial charge in [-0.2, -0.15) is 0 Å². The van der Waals surface area contributed by atoms with Crippen LogP contribution >= 0.6 is 0 Å². The number of non-ortho nitro benzene ring substituents is 1. The van der Waals surface area contributed by atoms with Crippen LogP contribution in [0.4, 0.5) is 5.69 Å². The van der Waals surface area contributed by atoms with E-state index in [2.05, 4.69) is 0 Å². The van der Waals surface area contributed by atoms with E-state index in [9.17, 15) is 19.7 Å². The van der Waals surface area contributed by atoms with E-state index < -0.39 is 10.8 Å². The van der Waals surface area contributed by atoms with Crippen LogP contribution in [0.25, 0.3) is 0 Å².